The van der Waals surface area contributed by atoms with Gasteiger partial charge in [0.25, 0.3) is 5.56 Å². The van der Waals surface area contributed by atoms with Crippen LogP contribution < -0.4 is 11.2 Å². The van der Waals surface area contributed by atoms with Crippen molar-refractivity contribution < 1.29 is 9.59 Å². The van der Waals surface area contributed by atoms with Gasteiger partial charge in [-0.15, -0.1) is 0 Å². The number of carbonyl (C=O) groups excluding carboxylic acids is 2. The van der Waals surface area contributed by atoms with E-state index in [4.69, 9.17) is 0 Å². The van der Waals surface area contributed by atoms with E-state index in [9.17, 15) is 19.2 Å². The maximum absolute atomic E-state index is 12.7. The number of imidazole rings is 1. The van der Waals surface area contributed by atoms with Crippen LogP contribution in [-0.2, 0) is 36.6 Å². The Labute approximate surface area is 203 Å². The standard InChI is InChI=1S/C25H32N6O4/c1-27-23-22(24(34)28(2)25(27)35)31(18-26-23)13-7-12-21(33)30-16-14-29(15-17-30)20(32)11-6-10-19-8-4-3-5-9-19/h3-5,8-9,18H,6-7,10-17H2,1-2H3. The Hall–Kier alpha value is -3.69. The van der Waals surface area contributed by atoms with E-state index in [-0.39, 0.29) is 11.8 Å². The lowest BCUT2D eigenvalue weighted by Gasteiger charge is -2.35. The number of benzene rings is 1. The van der Waals surface area contributed by atoms with Crippen LogP contribution in [0.25, 0.3) is 11.2 Å². The molecule has 10 heteroatoms. The van der Waals surface area contributed by atoms with Gasteiger partial charge >= 0.3 is 5.69 Å². The van der Waals surface area contributed by atoms with Crippen molar-refractivity contribution in [2.75, 3.05) is 26.2 Å². The zero-order chi connectivity index (χ0) is 24.9. The van der Waals surface area contributed by atoms with Gasteiger partial charge < -0.3 is 14.4 Å². The number of rotatable bonds is 8. The third-order valence-electron chi connectivity index (χ3n) is 6.69. The van der Waals surface area contributed by atoms with Gasteiger partial charge in [0.2, 0.25) is 11.8 Å². The summed E-state index contributed by atoms with van der Waals surface area (Å²) in [6.07, 6.45) is 4.67. The highest BCUT2D eigenvalue weighted by atomic mass is 16.2. The number of piperazine rings is 1. The van der Waals surface area contributed by atoms with Crippen LogP contribution in [0.4, 0.5) is 0 Å². The van der Waals surface area contributed by atoms with Crippen LogP contribution in [0.5, 0.6) is 0 Å². The van der Waals surface area contributed by atoms with Crippen molar-refractivity contribution in [2.45, 2.75) is 38.6 Å². The molecule has 186 valence electrons. The first-order valence-corrected chi connectivity index (χ1v) is 12.1. The summed E-state index contributed by atoms with van der Waals surface area (Å²) in [6, 6.07) is 10.2. The van der Waals surface area contributed by atoms with Crippen molar-refractivity contribution in [3.05, 3.63) is 63.1 Å². The van der Waals surface area contributed by atoms with Gasteiger partial charge in [-0.05, 0) is 24.8 Å². The zero-order valence-electron chi connectivity index (χ0n) is 20.4. The summed E-state index contributed by atoms with van der Waals surface area (Å²) in [7, 11) is 3.03. The first-order chi connectivity index (χ1) is 16.9. The van der Waals surface area contributed by atoms with Crippen LogP contribution in [0, 0.1) is 0 Å². The second-order valence-corrected chi connectivity index (χ2v) is 9.02. The van der Waals surface area contributed by atoms with Gasteiger partial charge in [-0.1, -0.05) is 30.3 Å². The third kappa shape index (κ3) is 5.36. The Morgan fingerprint density at radius 3 is 2.09 bits per heavy atom. The molecule has 0 saturated carbocycles. The van der Waals surface area contributed by atoms with Crippen molar-refractivity contribution >= 4 is 23.0 Å². The molecule has 3 aromatic rings. The summed E-state index contributed by atoms with van der Waals surface area (Å²) in [6.45, 7) is 2.66. The number of aromatic nitrogens is 4. The van der Waals surface area contributed by atoms with Crippen LogP contribution in [0.1, 0.15) is 31.2 Å². The Balaban J connectivity index is 1.22. The fourth-order valence-corrected chi connectivity index (χ4v) is 4.58. The molecule has 3 heterocycles. The maximum atomic E-state index is 12.7. The molecule has 2 aromatic heterocycles. The Bertz CT molecular complexity index is 1320. The fourth-order valence-electron chi connectivity index (χ4n) is 4.58. The molecule has 0 radical (unpaired) electrons. The molecule has 1 aliphatic rings. The number of hydrogen-bond donors (Lipinski definition) is 0. The first kappa shape index (κ1) is 24.4. The summed E-state index contributed by atoms with van der Waals surface area (Å²) < 4.78 is 4.12. The molecule has 0 aliphatic carbocycles. The minimum Gasteiger partial charge on any atom is -0.339 e. The second-order valence-electron chi connectivity index (χ2n) is 9.02. The molecule has 0 unspecified atom stereocenters. The molecule has 1 saturated heterocycles. The van der Waals surface area contributed by atoms with Gasteiger partial charge in [-0.3, -0.25) is 23.5 Å². The highest BCUT2D eigenvalue weighted by molar-refractivity contribution is 5.78. The van der Waals surface area contributed by atoms with E-state index in [2.05, 4.69) is 17.1 Å². The number of nitrogens with zero attached hydrogens (tertiary/aromatic N) is 6. The molecule has 1 aliphatic heterocycles. The van der Waals surface area contributed by atoms with Crippen molar-refractivity contribution in [3.8, 4) is 0 Å². The van der Waals surface area contributed by atoms with Gasteiger partial charge in [-0.2, -0.15) is 0 Å². The molecular weight excluding hydrogens is 448 g/mol. The average molecular weight is 481 g/mol. The van der Waals surface area contributed by atoms with Gasteiger partial charge in [0.1, 0.15) is 0 Å². The number of aryl methyl sites for hydroxylation is 3. The van der Waals surface area contributed by atoms with Crippen molar-refractivity contribution in [1.29, 1.82) is 0 Å². The highest BCUT2D eigenvalue weighted by Gasteiger charge is 2.23. The predicted molar refractivity (Wildman–Crippen MR) is 132 cm³/mol. The minimum absolute atomic E-state index is 0.0471. The van der Waals surface area contributed by atoms with E-state index in [1.807, 2.05) is 28.0 Å². The number of carbonyl (C=O) groups is 2. The van der Waals surface area contributed by atoms with Crippen LogP contribution in [0.2, 0.25) is 0 Å². The van der Waals surface area contributed by atoms with Crippen LogP contribution in [0.15, 0.2) is 46.2 Å². The predicted octanol–water partition coefficient (Wildman–Crippen LogP) is 0.908. The Kier molecular flexibility index (Phi) is 7.48. The lowest BCUT2D eigenvalue weighted by Crippen LogP contribution is -2.50. The molecular formula is C25H32N6O4. The monoisotopic (exact) mass is 480 g/mol. The molecule has 2 amide bonds. The SMILES string of the molecule is Cn1c(=O)c2c(ncn2CCCC(=O)N2CCN(C(=O)CCCc3ccccc3)CC2)n(C)c1=O. The van der Waals surface area contributed by atoms with E-state index in [0.29, 0.717) is 63.2 Å². The summed E-state index contributed by atoms with van der Waals surface area (Å²) in [5.74, 6) is 0.196. The molecule has 10 nitrogen and oxygen atoms in total. The lowest BCUT2D eigenvalue weighted by atomic mass is 10.1. The van der Waals surface area contributed by atoms with Crippen molar-refractivity contribution in [1.82, 2.24) is 28.5 Å². The summed E-state index contributed by atoms with van der Waals surface area (Å²) in [4.78, 5) is 57.7. The van der Waals surface area contributed by atoms with Gasteiger partial charge in [0, 0.05) is 59.7 Å². The highest BCUT2D eigenvalue weighted by Crippen LogP contribution is 2.12. The van der Waals surface area contributed by atoms with E-state index in [0.717, 1.165) is 17.4 Å². The van der Waals surface area contributed by atoms with E-state index in [1.165, 1.54) is 23.5 Å². The quantitative estimate of drug-likeness (QED) is 0.477. The summed E-state index contributed by atoms with van der Waals surface area (Å²) in [5.41, 5.74) is 1.13. The van der Waals surface area contributed by atoms with Crippen molar-refractivity contribution in [2.24, 2.45) is 14.1 Å². The topological polar surface area (TPSA) is 102 Å². The normalized spacial score (nSPS) is 14.0. The molecule has 0 atom stereocenters. The lowest BCUT2D eigenvalue weighted by molar-refractivity contribution is -0.139. The number of amides is 2. The smallest absolute Gasteiger partial charge is 0.332 e. The van der Waals surface area contributed by atoms with Gasteiger partial charge in [0.15, 0.2) is 11.2 Å². The molecule has 0 N–H and O–H groups in total. The third-order valence-corrected chi connectivity index (χ3v) is 6.69. The van der Waals surface area contributed by atoms with Crippen LogP contribution in [0.3, 0.4) is 0 Å². The number of fused-ring (bicyclic) bond motifs is 1. The summed E-state index contributed by atoms with van der Waals surface area (Å²) >= 11 is 0. The van der Waals surface area contributed by atoms with E-state index < -0.39 is 11.2 Å². The fraction of sp³-hybridized carbons (Fsp3) is 0.480. The van der Waals surface area contributed by atoms with Gasteiger partial charge in [0.05, 0.1) is 6.33 Å². The molecule has 4 rings (SSSR count). The van der Waals surface area contributed by atoms with Crippen LogP contribution >= 0.6 is 0 Å². The molecule has 0 spiro atoms. The molecule has 35 heavy (non-hydrogen) atoms. The van der Waals surface area contributed by atoms with Gasteiger partial charge in [-0.25, -0.2) is 9.78 Å². The minimum atomic E-state index is -0.420. The largest absolute Gasteiger partial charge is 0.339 e. The van der Waals surface area contributed by atoms with Crippen molar-refractivity contribution in [3.63, 3.8) is 0 Å². The average Bonchev–Trinajstić information content (AvgIpc) is 3.31. The first-order valence-electron chi connectivity index (χ1n) is 12.1. The molecule has 1 aromatic carbocycles. The molecule has 1 fully saturated rings. The second kappa shape index (κ2) is 10.7. The maximum Gasteiger partial charge on any atom is 0.332 e. The van der Waals surface area contributed by atoms with E-state index in [1.54, 1.807) is 11.6 Å². The zero-order valence-corrected chi connectivity index (χ0v) is 20.4. The van der Waals surface area contributed by atoms with Crippen LogP contribution in [-0.4, -0.2) is 66.5 Å². The Morgan fingerprint density at radius 1 is 0.857 bits per heavy atom. The van der Waals surface area contributed by atoms with E-state index >= 15 is 0 Å². The number of hydrogen-bond acceptors (Lipinski definition) is 5. The Morgan fingerprint density at radius 2 is 1.46 bits per heavy atom. The molecule has 0 bridgehead atoms. The summed E-state index contributed by atoms with van der Waals surface area (Å²) in [5, 5.41) is 0.